The van der Waals surface area contributed by atoms with Gasteiger partial charge in [0.15, 0.2) is 0 Å². The zero-order valence-electron chi connectivity index (χ0n) is 19.5. The topological polar surface area (TPSA) is 40.5 Å². The SMILES string of the molecule is Cc1cc(C=C2c3ccccc3C(c3cc(C)c(O)c(C)c3)c3ccccc32)cc(C)c1O. The zero-order valence-corrected chi connectivity index (χ0v) is 19.5. The highest BCUT2D eigenvalue weighted by molar-refractivity contribution is 5.96. The standard InChI is InChI=1S/C31H28O2/c1-18-13-22(14-19(2)30(18)32)17-28-24-9-5-7-11-26(24)29(27-12-8-6-10-25(27)28)23-15-20(3)31(33)21(4)16-23/h5-17,29,32-33H,1-4H3. The molecule has 0 heterocycles. The molecule has 0 saturated heterocycles. The van der Waals surface area contributed by atoms with Crippen molar-refractivity contribution < 1.29 is 10.2 Å². The van der Waals surface area contributed by atoms with Crippen LogP contribution in [0.2, 0.25) is 0 Å². The highest BCUT2D eigenvalue weighted by atomic mass is 16.3. The minimum atomic E-state index is 0.0934. The normalized spacial score (nSPS) is 14.5. The molecule has 0 aliphatic heterocycles. The molecule has 2 N–H and O–H groups in total. The van der Waals surface area contributed by atoms with Crippen LogP contribution in [0.3, 0.4) is 0 Å². The number of benzene rings is 4. The average Bonchev–Trinajstić information content (AvgIpc) is 2.80. The van der Waals surface area contributed by atoms with Crippen LogP contribution in [0.15, 0.2) is 72.8 Å². The van der Waals surface area contributed by atoms with E-state index in [2.05, 4.69) is 66.7 Å². The van der Waals surface area contributed by atoms with E-state index in [9.17, 15) is 10.2 Å². The zero-order chi connectivity index (χ0) is 23.3. The minimum Gasteiger partial charge on any atom is -0.507 e. The summed E-state index contributed by atoms with van der Waals surface area (Å²) in [5.74, 6) is 0.824. The van der Waals surface area contributed by atoms with Crippen LogP contribution in [0.25, 0.3) is 11.6 Å². The molecule has 0 saturated carbocycles. The molecule has 0 atom stereocenters. The molecule has 5 rings (SSSR count). The van der Waals surface area contributed by atoms with Crippen molar-refractivity contribution in [2.45, 2.75) is 33.6 Å². The molecule has 1 aliphatic carbocycles. The van der Waals surface area contributed by atoms with Gasteiger partial charge in [-0.25, -0.2) is 0 Å². The molecule has 4 aromatic carbocycles. The second kappa shape index (κ2) is 7.97. The number of phenols is 2. The van der Waals surface area contributed by atoms with Gasteiger partial charge in [0.25, 0.3) is 0 Å². The van der Waals surface area contributed by atoms with E-state index in [1.54, 1.807) is 0 Å². The van der Waals surface area contributed by atoms with Crippen molar-refractivity contribution in [3.8, 4) is 11.5 Å². The molecule has 2 nitrogen and oxygen atoms in total. The molecule has 2 heteroatoms. The van der Waals surface area contributed by atoms with Crippen molar-refractivity contribution >= 4 is 11.6 Å². The summed E-state index contributed by atoms with van der Waals surface area (Å²) in [6.07, 6.45) is 2.24. The van der Waals surface area contributed by atoms with E-state index in [1.807, 2.05) is 39.8 Å². The van der Waals surface area contributed by atoms with Crippen molar-refractivity contribution in [1.82, 2.24) is 0 Å². The van der Waals surface area contributed by atoms with Crippen molar-refractivity contribution in [1.29, 1.82) is 0 Å². The van der Waals surface area contributed by atoms with Crippen LogP contribution in [0, 0.1) is 27.7 Å². The van der Waals surface area contributed by atoms with Crippen LogP contribution >= 0.6 is 0 Å². The van der Waals surface area contributed by atoms with E-state index in [4.69, 9.17) is 0 Å². The Kier molecular flexibility index (Phi) is 5.09. The Morgan fingerprint density at radius 1 is 0.606 bits per heavy atom. The summed E-state index contributed by atoms with van der Waals surface area (Å²) in [7, 11) is 0. The third-order valence-electron chi connectivity index (χ3n) is 6.80. The number of hydrogen-bond acceptors (Lipinski definition) is 2. The van der Waals surface area contributed by atoms with Gasteiger partial charge in [-0.3, -0.25) is 0 Å². The minimum absolute atomic E-state index is 0.0934. The molecule has 0 spiro atoms. The van der Waals surface area contributed by atoms with Crippen LogP contribution in [-0.4, -0.2) is 10.2 Å². The Morgan fingerprint density at radius 3 is 1.52 bits per heavy atom. The molecular formula is C31H28O2. The number of phenolic OH excluding ortho intramolecular Hbond substituents is 2. The lowest BCUT2D eigenvalue weighted by Crippen LogP contribution is -2.14. The fraction of sp³-hybridized carbons (Fsp3) is 0.161. The molecular weight excluding hydrogens is 404 g/mol. The molecule has 0 aromatic heterocycles. The van der Waals surface area contributed by atoms with Crippen LogP contribution in [0.1, 0.15) is 61.6 Å². The van der Waals surface area contributed by atoms with Gasteiger partial charge < -0.3 is 10.2 Å². The molecule has 164 valence electrons. The van der Waals surface area contributed by atoms with Crippen molar-refractivity contribution in [2.75, 3.05) is 0 Å². The lowest BCUT2D eigenvalue weighted by Gasteiger charge is -2.31. The predicted octanol–water partition coefficient (Wildman–Crippen LogP) is 7.41. The van der Waals surface area contributed by atoms with Gasteiger partial charge in [0, 0.05) is 5.92 Å². The monoisotopic (exact) mass is 432 g/mol. The lowest BCUT2D eigenvalue weighted by atomic mass is 9.72. The smallest absolute Gasteiger partial charge is 0.121 e. The quantitative estimate of drug-likeness (QED) is 0.305. The van der Waals surface area contributed by atoms with Gasteiger partial charge in [-0.15, -0.1) is 0 Å². The summed E-state index contributed by atoms with van der Waals surface area (Å²) in [6, 6.07) is 25.5. The fourth-order valence-corrected chi connectivity index (χ4v) is 5.21. The van der Waals surface area contributed by atoms with Gasteiger partial charge in [0.05, 0.1) is 0 Å². The Labute approximate surface area is 195 Å². The molecule has 0 bridgehead atoms. The highest BCUT2D eigenvalue weighted by Gasteiger charge is 2.30. The molecule has 0 radical (unpaired) electrons. The Balaban J connectivity index is 1.77. The second-order valence-corrected chi connectivity index (χ2v) is 9.17. The third-order valence-corrected chi connectivity index (χ3v) is 6.80. The first-order chi connectivity index (χ1) is 15.8. The van der Waals surface area contributed by atoms with E-state index in [0.29, 0.717) is 11.5 Å². The first kappa shape index (κ1) is 21.1. The van der Waals surface area contributed by atoms with Crippen molar-refractivity contribution in [3.05, 3.63) is 128 Å². The maximum absolute atomic E-state index is 10.4. The van der Waals surface area contributed by atoms with Gasteiger partial charge in [0.2, 0.25) is 0 Å². The maximum atomic E-state index is 10.4. The highest BCUT2D eigenvalue weighted by Crippen LogP contribution is 2.47. The first-order valence-electron chi connectivity index (χ1n) is 11.4. The van der Waals surface area contributed by atoms with E-state index < -0.39 is 0 Å². The van der Waals surface area contributed by atoms with Crippen LogP contribution in [-0.2, 0) is 0 Å². The van der Waals surface area contributed by atoms with Gasteiger partial charge in [0.1, 0.15) is 11.5 Å². The first-order valence-corrected chi connectivity index (χ1v) is 11.4. The summed E-state index contributed by atoms with van der Waals surface area (Å²) in [5.41, 5.74) is 12.0. The summed E-state index contributed by atoms with van der Waals surface area (Å²) in [5, 5.41) is 20.6. The van der Waals surface area contributed by atoms with Gasteiger partial charge in [-0.1, -0.05) is 60.7 Å². The fourth-order valence-electron chi connectivity index (χ4n) is 5.21. The van der Waals surface area contributed by atoms with Crippen molar-refractivity contribution in [3.63, 3.8) is 0 Å². The molecule has 0 amide bonds. The number of rotatable bonds is 2. The van der Waals surface area contributed by atoms with E-state index in [-0.39, 0.29) is 5.92 Å². The summed E-state index contributed by atoms with van der Waals surface area (Å²) in [6.45, 7) is 7.82. The van der Waals surface area contributed by atoms with Gasteiger partial charge >= 0.3 is 0 Å². The number of aryl methyl sites for hydroxylation is 4. The van der Waals surface area contributed by atoms with Crippen LogP contribution in [0.4, 0.5) is 0 Å². The number of fused-ring (bicyclic) bond motifs is 2. The summed E-state index contributed by atoms with van der Waals surface area (Å²) >= 11 is 0. The van der Waals surface area contributed by atoms with Crippen LogP contribution in [0.5, 0.6) is 11.5 Å². The summed E-state index contributed by atoms with van der Waals surface area (Å²) < 4.78 is 0. The Morgan fingerprint density at radius 2 is 1.03 bits per heavy atom. The Hall–Kier alpha value is -3.78. The van der Waals surface area contributed by atoms with Gasteiger partial charge in [-0.2, -0.15) is 0 Å². The molecule has 1 aliphatic rings. The number of hydrogen-bond donors (Lipinski definition) is 2. The van der Waals surface area contributed by atoms with Crippen LogP contribution < -0.4 is 0 Å². The average molecular weight is 433 g/mol. The second-order valence-electron chi connectivity index (χ2n) is 9.17. The molecule has 33 heavy (non-hydrogen) atoms. The molecule has 0 fully saturated rings. The molecule has 0 unspecified atom stereocenters. The Bertz CT molecular complexity index is 1330. The van der Waals surface area contributed by atoms with Gasteiger partial charge in [-0.05, 0) is 107 Å². The molecule has 4 aromatic rings. The third kappa shape index (κ3) is 3.52. The predicted molar refractivity (Wildman–Crippen MR) is 136 cm³/mol. The van der Waals surface area contributed by atoms with E-state index in [1.165, 1.54) is 33.4 Å². The van der Waals surface area contributed by atoms with Crippen molar-refractivity contribution in [2.24, 2.45) is 0 Å². The summed E-state index contributed by atoms with van der Waals surface area (Å²) in [4.78, 5) is 0. The lowest BCUT2D eigenvalue weighted by molar-refractivity contribution is 0.466. The van der Waals surface area contributed by atoms with E-state index >= 15 is 0 Å². The number of aromatic hydroxyl groups is 2. The maximum Gasteiger partial charge on any atom is 0.121 e. The largest absolute Gasteiger partial charge is 0.507 e. The van der Waals surface area contributed by atoms with E-state index in [0.717, 1.165) is 27.8 Å².